The molecule has 0 spiro atoms. The number of hydrogen-bond acceptors (Lipinski definition) is 4. The van der Waals surface area contributed by atoms with Crippen molar-refractivity contribution in [1.29, 1.82) is 0 Å². The van der Waals surface area contributed by atoms with Crippen molar-refractivity contribution in [1.82, 2.24) is 0 Å². The molecular formula is C18H21NO4S. The van der Waals surface area contributed by atoms with E-state index in [-0.39, 0.29) is 17.5 Å². The number of carbonyl (C=O) groups is 1. The Morgan fingerprint density at radius 1 is 1.04 bits per heavy atom. The maximum Gasteiger partial charge on any atom is 0.338 e. The van der Waals surface area contributed by atoms with Crippen molar-refractivity contribution in [2.75, 3.05) is 10.9 Å². The average molecular weight is 347 g/mol. The molecule has 0 saturated heterocycles. The minimum atomic E-state index is -3.73. The van der Waals surface area contributed by atoms with Crippen LogP contribution in [0.25, 0.3) is 0 Å². The van der Waals surface area contributed by atoms with Crippen molar-refractivity contribution in [3.63, 3.8) is 0 Å². The van der Waals surface area contributed by atoms with Crippen molar-refractivity contribution < 1.29 is 17.9 Å². The van der Waals surface area contributed by atoms with E-state index in [0.717, 1.165) is 0 Å². The summed E-state index contributed by atoms with van der Waals surface area (Å²) in [4.78, 5) is 11.8. The second-order valence-corrected chi connectivity index (χ2v) is 7.29. The summed E-state index contributed by atoms with van der Waals surface area (Å²) in [7, 11) is -3.73. The van der Waals surface area contributed by atoms with E-state index in [1.165, 1.54) is 28.6 Å². The molecule has 0 aliphatic heterocycles. The Hall–Kier alpha value is -2.34. The molecule has 0 amide bonds. The van der Waals surface area contributed by atoms with Crippen LogP contribution in [0.15, 0.2) is 59.5 Å². The van der Waals surface area contributed by atoms with Crippen LogP contribution in [0.2, 0.25) is 0 Å². The fourth-order valence-electron chi connectivity index (χ4n) is 2.38. The van der Waals surface area contributed by atoms with E-state index >= 15 is 0 Å². The van der Waals surface area contributed by atoms with Gasteiger partial charge < -0.3 is 4.74 Å². The molecule has 0 aliphatic rings. The Kier molecular flexibility index (Phi) is 5.62. The first-order valence-electron chi connectivity index (χ1n) is 7.74. The Morgan fingerprint density at radius 3 is 2.12 bits per heavy atom. The number of hydrogen-bond donors (Lipinski definition) is 0. The van der Waals surface area contributed by atoms with Gasteiger partial charge in [0.15, 0.2) is 0 Å². The number of para-hydroxylation sites is 1. The molecule has 0 atom stereocenters. The van der Waals surface area contributed by atoms with E-state index < -0.39 is 16.0 Å². The summed E-state index contributed by atoms with van der Waals surface area (Å²) < 4.78 is 32.3. The van der Waals surface area contributed by atoms with Crippen LogP contribution in [0, 0.1) is 0 Å². The second kappa shape index (κ2) is 7.49. The van der Waals surface area contributed by atoms with Crippen LogP contribution >= 0.6 is 0 Å². The number of anilines is 1. The minimum absolute atomic E-state index is 0.133. The fraction of sp³-hybridized carbons (Fsp3) is 0.278. The van der Waals surface area contributed by atoms with Gasteiger partial charge in [0.2, 0.25) is 0 Å². The molecule has 0 aliphatic carbocycles. The van der Waals surface area contributed by atoms with E-state index in [1.54, 1.807) is 31.2 Å². The zero-order chi connectivity index (χ0) is 17.7. The highest BCUT2D eigenvalue weighted by atomic mass is 32.2. The zero-order valence-electron chi connectivity index (χ0n) is 14.0. The molecule has 128 valence electrons. The third-order valence-electron chi connectivity index (χ3n) is 3.40. The minimum Gasteiger partial charge on any atom is -0.462 e. The largest absolute Gasteiger partial charge is 0.462 e. The Bertz CT molecular complexity index is 784. The van der Waals surface area contributed by atoms with E-state index in [9.17, 15) is 13.2 Å². The van der Waals surface area contributed by atoms with Gasteiger partial charge in [0.25, 0.3) is 10.0 Å². The average Bonchev–Trinajstić information content (AvgIpc) is 2.55. The second-order valence-electron chi connectivity index (χ2n) is 5.48. The molecule has 0 aromatic heterocycles. The molecule has 2 aromatic carbocycles. The molecule has 0 unspecified atom stereocenters. The molecule has 0 radical (unpaired) electrons. The van der Waals surface area contributed by atoms with Crippen LogP contribution in [0.1, 0.15) is 31.1 Å². The SMILES string of the molecule is CCOC(=O)c1ccc(S(=O)(=O)N(c2ccccc2)C(C)C)cc1. The maximum absolute atomic E-state index is 13.0. The van der Waals surface area contributed by atoms with E-state index in [2.05, 4.69) is 0 Å². The van der Waals surface area contributed by atoms with Gasteiger partial charge in [-0.15, -0.1) is 0 Å². The molecule has 0 saturated carbocycles. The molecular weight excluding hydrogens is 326 g/mol. The third kappa shape index (κ3) is 3.76. The third-order valence-corrected chi connectivity index (χ3v) is 5.42. The zero-order valence-corrected chi connectivity index (χ0v) is 14.8. The summed E-state index contributed by atoms with van der Waals surface area (Å²) in [5, 5.41) is 0. The van der Waals surface area contributed by atoms with Gasteiger partial charge in [0.1, 0.15) is 0 Å². The maximum atomic E-state index is 13.0. The fourth-order valence-corrected chi connectivity index (χ4v) is 4.04. The first kappa shape index (κ1) is 18.0. The summed E-state index contributed by atoms with van der Waals surface area (Å²) in [6.45, 7) is 5.63. The number of sulfonamides is 1. The van der Waals surface area contributed by atoms with Gasteiger partial charge in [-0.3, -0.25) is 4.31 Å². The van der Waals surface area contributed by atoms with Gasteiger partial charge in [-0.05, 0) is 57.2 Å². The highest BCUT2D eigenvalue weighted by Gasteiger charge is 2.27. The Morgan fingerprint density at radius 2 is 1.62 bits per heavy atom. The topological polar surface area (TPSA) is 63.7 Å². The van der Waals surface area contributed by atoms with E-state index in [1.807, 2.05) is 19.9 Å². The number of carbonyl (C=O) groups excluding carboxylic acids is 1. The number of nitrogens with zero attached hydrogens (tertiary/aromatic N) is 1. The number of rotatable bonds is 6. The van der Waals surface area contributed by atoms with Crippen molar-refractivity contribution in [3.05, 3.63) is 60.2 Å². The summed E-state index contributed by atoms with van der Waals surface area (Å²) in [5.41, 5.74) is 0.925. The van der Waals surface area contributed by atoms with Gasteiger partial charge in [0, 0.05) is 6.04 Å². The first-order valence-corrected chi connectivity index (χ1v) is 9.18. The van der Waals surface area contributed by atoms with Crippen LogP contribution < -0.4 is 4.31 Å². The van der Waals surface area contributed by atoms with Crippen LogP contribution in [-0.4, -0.2) is 27.0 Å². The number of esters is 1. The standard InChI is InChI=1S/C18H21NO4S/c1-4-23-18(20)15-10-12-17(13-11-15)24(21,22)19(14(2)3)16-8-6-5-7-9-16/h5-14H,4H2,1-3H3. The molecule has 0 heterocycles. The van der Waals surface area contributed by atoms with Crippen molar-refractivity contribution in [2.45, 2.75) is 31.7 Å². The molecule has 5 nitrogen and oxygen atoms in total. The van der Waals surface area contributed by atoms with Crippen molar-refractivity contribution >= 4 is 21.7 Å². The summed E-state index contributed by atoms with van der Waals surface area (Å²) in [5.74, 6) is -0.467. The monoisotopic (exact) mass is 347 g/mol. The summed E-state index contributed by atoms with van der Waals surface area (Å²) in [6, 6.07) is 14.5. The van der Waals surface area contributed by atoms with E-state index in [4.69, 9.17) is 4.74 Å². The molecule has 0 N–H and O–H groups in total. The lowest BCUT2D eigenvalue weighted by molar-refractivity contribution is 0.0526. The predicted molar refractivity (Wildman–Crippen MR) is 93.6 cm³/mol. The lowest BCUT2D eigenvalue weighted by atomic mass is 10.2. The quantitative estimate of drug-likeness (QED) is 0.751. The molecule has 24 heavy (non-hydrogen) atoms. The van der Waals surface area contributed by atoms with Gasteiger partial charge in [0.05, 0.1) is 22.8 Å². The summed E-state index contributed by atoms with van der Waals surface area (Å²) >= 11 is 0. The lowest BCUT2D eigenvalue weighted by Gasteiger charge is -2.28. The molecule has 2 aromatic rings. The van der Waals surface area contributed by atoms with Crippen LogP contribution in [0.4, 0.5) is 5.69 Å². The van der Waals surface area contributed by atoms with Crippen molar-refractivity contribution in [3.8, 4) is 0 Å². The molecule has 0 bridgehead atoms. The Balaban J connectivity index is 2.39. The van der Waals surface area contributed by atoms with Gasteiger partial charge in [-0.1, -0.05) is 18.2 Å². The van der Waals surface area contributed by atoms with E-state index in [0.29, 0.717) is 11.3 Å². The highest BCUT2D eigenvalue weighted by molar-refractivity contribution is 7.92. The van der Waals surface area contributed by atoms with Crippen LogP contribution in [-0.2, 0) is 14.8 Å². The smallest absolute Gasteiger partial charge is 0.338 e. The highest BCUT2D eigenvalue weighted by Crippen LogP contribution is 2.26. The molecule has 0 fully saturated rings. The van der Waals surface area contributed by atoms with Gasteiger partial charge in [-0.2, -0.15) is 0 Å². The van der Waals surface area contributed by atoms with Gasteiger partial charge >= 0.3 is 5.97 Å². The van der Waals surface area contributed by atoms with Crippen molar-refractivity contribution in [2.24, 2.45) is 0 Å². The van der Waals surface area contributed by atoms with Crippen LogP contribution in [0.3, 0.4) is 0 Å². The molecule has 6 heteroatoms. The molecule has 2 rings (SSSR count). The lowest BCUT2D eigenvalue weighted by Crippen LogP contribution is -2.37. The Labute approximate surface area is 142 Å². The normalized spacial score (nSPS) is 11.3. The number of benzene rings is 2. The van der Waals surface area contributed by atoms with Gasteiger partial charge in [-0.25, -0.2) is 13.2 Å². The van der Waals surface area contributed by atoms with Crippen LogP contribution in [0.5, 0.6) is 0 Å². The number of ether oxygens (including phenoxy) is 1. The first-order chi connectivity index (χ1) is 11.4. The predicted octanol–water partition coefficient (Wildman–Crippen LogP) is 3.47. The summed E-state index contributed by atoms with van der Waals surface area (Å²) in [6.07, 6.45) is 0.